The summed E-state index contributed by atoms with van der Waals surface area (Å²) in [5, 5.41) is 21.4. The van der Waals surface area contributed by atoms with Gasteiger partial charge in [-0.1, -0.05) is 66.2 Å². The number of nitrogens with zero attached hydrogens (tertiary/aromatic N) is 2. The molecular formula is C30H30ClFN2O6. The minimum absolute atomic E-state index is 0.0473. The van der Waals surface area contributed by atoms with Gasteiger partial charge in [0.05, 0.1) is 6.10 Å². The number of aryl methyl sites for hydroxylation is 1. The number of hydrogen-bond acceptors (Lipinski definition) is 5. The molecule has 210 valence electrons. The van der Waals surface area contributed by atoms with Crippen LogP contribution in [0.5, 0.6) is 0 Å². The first-order chi connectivity index (χ1) is 19.2. The summed E-state index contributed by atoms with van der Waals surface area (Å²) in [5.74, 6) is -3.09. The highest BCUT2D eigenvalue weighted by Crippen LogP contribution is 2.34. The number of benzene rings is 3. The maximum Gasteiger partial charge on any atom is 0.410 e. The average Bonchev–Trinajstić information content (AvgIpc) is 3.29. The summed E-state index contributed by atoms with van der Waals surface area (Å²) in [5.41, 5.74) is 2.25. The molecule has 0 radical (unpaired) electrons. The molecule has 2 amide bonds. The monoisotopic (exact) mass is 568 g/mol. The lowest BCUT2D eigenvalue weighted by atomic mass is 9.93. The van der Waals surface area contributed by atoms with Gasteiger partial charge in [-0.3, -0.25) is 14.5 Å². The van der Waals surface area contributed by atoms with Crippen LogP contribution in [0.1, 0.15) is 29.0 Å². The Morgan fingerprint density at radius 2 is 1.65 bits per heavy atom. The summed E-state index contributed by atoms with van der Waals surface area (Å²) in [4.78, 5) is 40.9. The fraction of sp³-hybridized carbons (Fsp3) is 0.300. The minimum atomic E-state index is -1.38. The van der Waals surface area contributed by atoms with Gasteiger partial charge in [0.25, 0.3) is 0 Å². The van der Waals surface area contributed by atoms with Gasteiger partial charge >= 0.3 is 12.1 Å². The average molecular weight is 569 g/mol. The van der Waals surface area contributed by atoms with E-state index in [1.54, 1.807) is 36.4 Å². The van der Waals surface area contributed by atoms with Crippen LogP contribution in [0.3, 0.4) is 0 Å². The third-order valence-electron chi connectivity index (χ3n) is 6.90. The second-order valence-electron chi connectivity index (χ2n) is 9.67. The summed E-state index contributed by atoms with van der Waals surface area (Å²) < 4.78 is 19.0. The summed E-state index contributed by atoms with van der Waals surface area (Å²) in [7, 11) is 0. The van der Waals surface area contributed by atoms with E-state index in [1.807, 2.05) is 18.2 Å². The first-order valence-electron chi connectivity index (χ1n) is 12.9. The molecule has 1 heterocycles. The molecule has 1 fully saturated rings. The Hall–Kier alpha value is -3.95. The molecule has 1 aliphatic rings. The number of ether oxygens (including phenoxy) is 1. The maximum atomic E-state index is 13.8. The van der Waals surface area contributed by atoms with E-state index in [-0.39, 0.29) is 19.7 Å². The number of carbonyl (C=O) groups excluding carboxylic acids is 2. The molecule has 0 spiro atoms. The van der Waals surface area contributed by atoms with E-state index in [1.165, 1.54) is 24.3 Å². The molecule has 0 aliphatic carbocycles. The van der Waals surface area contributed by atoms with E-state index in [0.717, 1.165) is 20.9 Å². The van der Waals surface area contributed by atoms with E-state index in [0.29, 0.717) is 23.4 Å². The van der Waals surface area contributed by atoms with Gasteiger partial charge in [0.15, 0.2) is 0 Å². The van der Waals surface area contributed by atoms with E-state index < -0.39 is 48.4 Å². The van der Waals surface area contributed by atoms with Gasteiger partial charge < -0.3 is 19.8 Å². The van der Waals surface area contributed by atoms with Crippen molar-refractivity contribution in [3.63, 3.8) is 0 Å². The summed E-state index contributed by atoms with van der Waals surface area (Å²) >= 11 is 5.94. The minimum Gasteiger partial charge on any atom is -0.480 e. The third-order valence-corrected chi connectivity index (χ3v) is 7.15. The zero-order valence-electron chi connectivity index (χ0n) is 21.7. The zero-order valence-corrected chi connectivity index (χ0v) is 22.4. The standard InChI is InChI=1S/C30H30ClFN2O6/c31-23-12-8-20(9-13-23)7-4-16-33(18-26(35)36)29(38)27-28(37)25(22-10-14-24(32)15-11-22)17-34(27)30(39)40-19-21-5-2-1-3-6-21/h1-3,5-6,8-15,25,27-28,37H,4,7,16-19H2,(H,35,36)/t25-,27+,28-/m0/s1. The Morgan fingerprint density at radius 1 is 0.975 bits per heavy atom. The highest BCUT2D eigenvalue weighted by molar-refractivity contribution is 6.30. The first-order valence-corrected chi connectivity index (χ1v) is 13.3. The predicted molar refractivity (Wildman–Crippen MR) is 146 cm³/mol. The number of hydrogen-bond donors (Lipinski definition) is 2. The number of likely N-dealkylation sites (tertiary alicyclic amines) is 1. The lowest BCUT2D eigenvalue weighted by Gasteiger charge is -2.30. The molecule has 0 unspecified atom stereocenters. The van der Waals surface area contributed by atoms with Crippen molar-refractivity contribution in [3.8, 4) is 0 Å². The number of aliphatic hydroxyl groups is 1. The molecule has 2 N–H and O–H groups in total. The molecule has 1 saturated heterocycles. The molecule has 0 bridgehead atoms. The van der Waals surface area contributed by atoms with Gasteiger partial charge in [-0.05, 0) is 53.8 Å². The van der Waals surface area contributed by atoms with E-state index in [9.17, 15) is 29.0 Å². The van der Waals surface area contributed by atoms with E-state index in [2.05, 4.69) is 0 Å². The Kier molecular flexibility index (Phi) is 9.74. The van der Waals surface area contributed by atoms with Gasteiger partial charge in [0.1, 0.15) is 25.0 Å². The van der Waals surface area contributed by atoms with Crippen molar-refractivity contribution in [2.75, 3.05) is 19.6 Å². The Labute approximate surface area is 236 Å². The smallest absolute Gasteiger partial charge is 0.410 e. The quantitative estimate of drug-likeness (QED) is 0.373. The fourth-order valence-electron chi connectivity index (χ4n) is 4.86. The third kappa shape index (κ3) is 7.37. The molecule has 40 heavy (non-hydrogen) atoms. The van der Waals surface area contributed by atoms with Gasteiger partial charge in [-0.15, -0.1) is 0 Å². The van der Waals surface area contributed by atoms with Crippen LogP contribution >= 0.6 is 11.6 Å². The summed E-state index contributed by atoms with van der Waals surface area (Å²) in [6.45, 7) is -0.626. The largest absolute Gasteiger partial charge is 0.480 e. The lowest BCUT2D eigenvalue weighted by molar-refractivity contribution is -0.147. The number of rotatable bonds is 10. The number of amides is 2. The number of carbonyl (C=O) groups is 3. The van der Waals surface area contributed by atoms with Crippen LogP contribution in [0, 0.1) is 5.82 Å². The second-order valence-corrected chi connectivity index (χ2v) is 10.1. The Bertz CT molecular complexity index is 1310. The molecule has 10 heteroatoms. The highest BCUT2D eigenvalue weighted by Gasteiger charge is 2.49. The first kappa shape index (κ1) is 29.0. The van der Waals surface area contributed by atoms with Crippen LogP contribution < -0.4 is 0 Å². The SMILES string of the molecule is O=C(O)CN(CCCc1ccc(Cl)cc1)C(=O)[C@H]1[C@@H](O)[C@H](c2ccc(F)cc2)CN1C(=O)OCc1ccccc1. The van der Waals surface area contributed by atoms with Crippen molar-refractivity contribution >= 4 is 29.6 Å². The molecule has 4 rings (SSSR count). The van der Waals surface area contributed by atoms with Crippen LogP contribution in [-0.4, -0.2) is 69.8 Å². The maximum absolute atomic E-state index is 13.8. The molecular weight excluding hydrogens is 539 g/mol. The van der Waals surface area contributed by atoms with Crippen molar-refractivity contribution in [2.24, 2.45) is 0 Å². The predicted octanol–water partition coefficient (Wildman–Crippen LogP) is 4.49. The molecule has 3 aromatic carbocycles. The normalized spacial score (nSPS) is 18.4. The van der Waals surface area contributed by atoms with Crippen molar-refractivity contribution in [1.82, 2.24) is 9.80 Å². The fourth-order valence-corrected chi connectivity index (χ4v) is 4.99. The van der Waals surface area contributed by atoms with Crippen LogP contribution in [0.4, 0.5) is 9.18 Å². The number of aliphatic hydroxyl groups excluding tert-OH is 1. The number of carboxylic acids is 1. The van der Waals surface area contributed by atoms with E-state index >= 15 is 0 Å². The van der Waals surface area contributed by atoms with Gasteiger partial charge in [-0.2, -0.15) is 0 Å². The molecule has 3 aromatic rings. The van der Waals surface area contributed by atoms with Crippen LogP contribution in [-0.2, 0) is 27.4 Å². The second kappa shape index (κ2) is 13.4. The van der Waals surface area contributed by atoms with Crippen molar-refractivity contribution in [2.45, 2.75) is 37.5 Å². The topological polar surface area (TPSA) is 107 Å². The Balaban J connectivity index is 1.54. The van der Waals surface area contributed by atoms with Crippen LogP contribution in [0.25, 0.3) is 0 Å². The van der Waals surface area contributed by atoms with Gasteiger partial charge in [0, 0.05) is 24.0 Å². The van der Waals surface area contributed by atoms with E-state index in [4.69, 9.17) is 16.3 Å². The zero-order chi connectivity index (χ0) is 28.6. The Morgan fingerprint density at radius 3 is 2.30 bits per heavy atom. The highest BCUT2D eigenvalue weighted by atomic mass is 35.5. The summed E-state index contributed by atoms with van der Waals surface area (Å²) in [6.07, 6.45) is -1.17. The molecule has 1 aliphatic heterocycles. The van der Waals surface area contributed by atoms with Crippen LogP contribution in [0.15, 0.2) is 78.9 Å². The van der Waals surface area contributed by atoms with Crippen molar-refractivity contribution in [3.05, 3.63) is 106 Å². The number of carboxylic acid groups (broad SMARTS) is 1. The molecule has 8 nitrogen and oxygen atoms in total. The summed E-state index contributed by atoms with van der Waals surface area (Å²) in [6, 6.07) is 20.3. The van der Waals surface area contributed by atoms with Crippen molar-refractivity contribution in [1.29, 1.82) is 0 Å². The number of halogens is 2. The lowest BCUT2D eigenvalue weighted by Crippen LogP contribution is -2.53. The van der Waals surface area contributed by atoms with Gasteiger partial charge in [-0.25, -0.2) is 9.18 Å². The molecule has 0 aromatic heterocycles. The number of aliphatic carboxylic acids is 1. The van der Waals surface area contributed by atoms with Crippen molar-refractivity contribution < 1.29 is 33.7 Å². The molecule has 0 saturated carbocycles. The van der Waals surface area contributed by atoms with Gasteiger partial charge in [0.2, 0.25) is 5.91 Å². The molecule has 3 atom stereocenters. The van der Waals surface area contributed by atoms with Crippen LogP contribution in [0.2, 0.25) is 5.02 Å².